The Bertz CT molecular complexity index is 851. The molecular formula is C18H16Cl2N2O2S. The number of ether oxygens (including phenoxy) is 1. The minimum atomic E-state index is -0.0322. The standard InChI is InChI=1S/C18H16Cl2N2O2S/c19-13-4-3-12(8-14(13)20)16-10-22(5-6-23-16)11-18-21-9-15(24-18)17-2-1-7-25-17/h1-4,7-9,16H,5-6,10-11H2. The van der Waals surface area contributed by atoms with Crippen LogP contribution in [0, 0.1) is 0 Å². The van der Waals surface area contributed by atoms with E-state index in [1.807, 2.05) is 35.7 Å². The Balaban J connectivity index is 1.44. The van der Waals surface area contributed by atoms with Gasteiger partial charge in [0, 0.05) is 13.1 Å². The van der Waals surface area contributed by atoms with Gasteiger partial charge in [0.1, 0.15) is 0 Å². The Morgan fingerprint density at radius 1 is 1.24 bits per heavy atom. The fraction of sp³-hybridized carbons (Fsp3) is 0.278. The summed E-state index contributed by atoms with van der Waals surface area (Å²) in [5, 5.41) is 3.13. The lowest BCUT2D eigenvalue weighted by Crippen LogP contribution is -2.37. The Hall–Kier alpha value is -1.37. The van der Waals surface area contributed by atoms with E-state index in [4.69, 9.17) is 32.4 Å². The van der Waals surface area contributed by atoms with E-state index in [1.165, 1.54) is 0 Å². The van der Waals surface area contributed by atoms with E-state index in [0.29, 0.717) is 23.2 Å². The molecule has 1 atom stereocenters. The van der Waals surface area contributed by atoms with E-state index >= 15 is 0 Å². The van der Waals surface area contributed by atoms with Crippen molar-refractivity contribution in [2.75, 3.05) is 19.7 Å². The second-order valence-corrected chi connectivity index (χ2v) is 7.63. The first-order chi connectivity index (χ1) is 12.2. The van der Waals surface area contributed by atoms with Crippen molar-refractivity contribution in [1.82, 2.24) is 9.88 Å². The summed E-state index contributed by atoms with van der Waals surface area (Å²) in [6.07, 6.45) is 1.76. The van der Waals surface area contributed by atoms with Gasteiger partial charge >= 0.3 is 0 Å². The average Bonchev–Trinajstić information content (AvgIpc) is 3.29. The average molecular weight is 395 g/mol. The Kier molecular flexibility index (Phi) is 5.10. The first kappa shape index (κ1) is 17.1. The van der Waals surface area contributed by atoms with E-state index in [9.17, 15) is 0 Å². The molecule has 3 heterocycles. The van der Waals surface area contributed by atoms with Crippen molar-refractivity contribution in [2.24, 2.45) is 0 Å². The highest BCUT2D eigenvalue weighted by Crippen LogP contribution is 2.30. The summed E-state index contributed by atoms with van der Waals surface area (Å²) >= 11 is 13.8. The molecule has 0 N–H and O–H groups in total. The normalized spacial score (nSPS) is 18.6. The molecule has 1 fully saturated rings. The number of oxazole rings is 1. The van der Waals surface area contributed by atoms with E-state index in [1.54, 1.807) is 17.5 Å². The molecule has 3 aromatic rings. The molecule has 0 amide bonds. The molecule has 1 saturated heterocycles. The summed E-state index contributed by atoms with van der Waals surface area (Å²) in [5.74, 6) is 1.54. The van der Waals surface area contributed by atoms with Gasteiger partial charge in [0.05, 0.1) is 40.4 Å². The van der Waals surface area contributed by atoms with Crippen molar-refractivity contribution in [3.63, 3.8) is 0 Å². The van der Waals surface area contributed by atoms with Gasteiger partial charge in [-0.2, -0.15) is 0 Å². The quantitative estimate of drug-likeness (QED) is 0.602. The van der Waals surface area contributed by atoms with Gasteiger partial charge < -0.3 is 9.15 Å². The van der Waals surface area contributed by atoms with Crippen LogP contribution in [0.3, 0.4) is 0 Å². The SMILES string of the molecule is Clc1ccc(C2CN(Cc3ncc(-c4cccs4)o3)CCO2)cc1Cl. The zero-order chi connectivity index (χ0) is 17.2. The molecule has 7 heteroatoms. The lowest BCUT2D eigenvalue weighted by Gasteiger charge is -2.32. The monoisotopic (exact) mass is 394 g/mol. The van der Waals surface area contributed by atoms with Crippen molar-refractivity contribution >= 4 is 34.5 Å². The van der Waals surface area contributed by atoms with Gasteiger partial charge in [-0.25, -0.2) is 4.98 Å². The first-order valence-corrected chi connectivity index (χ1v) is 9.60. The predicted molar refractivity (Wildman–Crippen MR) is 100 cm³/mol. The van der Waals surface area contributed by atoms with Gasteiger partial charge in [-0.3, -0.25) is 4.90 Å². The maximum absolute atomic E-state index is 6.13. The van der Waals surface area contributed by atoms with E-state index in [-0.39, 0.29) is 6.10 Å². The topological polar surface area (TPSA) is 38.5 Å². The highest BCUT2D eigenvalue weighted by Gasteiger charge is 2.24. The van der Waals surface area contributed by atoms with Crippen molar-refractivity contribution in [1.29, 1.82) is 0 Å². The van der Waals surface area contributed by atoms with Crippen molar-refractivity contribution in [3.8, 4) is 10.6 Å². The lowest BCUT2D eigenvalue weighted by molar-refractivity contribution is -0.0351. The van der Waals surface area contributed by atoms with Crippen LogP contribution in [0.25, 0.3) is 10.6 Å². The summed E-state index contributed by atoms with van der Waals surface area (Å²) in [5.41, 5.74) is 1.03. The van der Waals surface area contributed by atoms with Crippen LogP contribution in [0.15, 0.2) is 46.3 Å². The third-order valence-electron chi connectivity index (χ3n) is 4.14. The number of rotatable bonds is 4. The van der Waals surface area contributed by atoms with Gasteiger partial charge in [0.15, 0.2) is 5.76 Å². The summed E-state index contributed by atoms with van der Waals surface area (Å²) in [4.78, 5) is 7.78. The highest BCUT2D eigenvalue weighted by molar-refractivity contribution is 7.13. The molecule has 2 aromatic heterocycles. The van der Waals surface area contributed by atoms with Crippen LogP contribution in [-0.4, -0.2) is 29.6 Å². The molecule has 130 valence electrons. The number of aromatic nitrogens is 1. The molecule has 4 rings (SSSR count). The Morgan fingerprint density at radius 2 is 2.16 bits per heavy atom. The summed E-state index contributed by atoms with van der Waals surface area (Å²) in [7, 11) is 0. The third-order valence-corrected chi connectivity index (χ3v) is 5.77. The first-order valence-electron chi connectivity index (χ1n) is 7.96. The van der Waals surface area contributed by atoms with E-state index < -0.39 is 0 Å². The molecule has 1 aliphatic rings. The molecule has 1 aromatic carbocycles. The van der Waals surface area contributed by atoms with Crippen LogP contribution in [0.5, 0.6) is 0 Å². The van der Waals surface area contributed by atoms with Crippen LogP contribution in [0.2, 0.25) is 10.0 Å². The van der Waals surface area contributed by atoms with E-state index in [2.05, 4.69) is 9.88 Å². The maximum Gasteiger partial charge on any atom is 0.209 e. The van der Waals surface area contributed by atoms with Crippen LogP contribution < -0.4 is 0 Å². The maximum atomic E-state index is 6.13. The van der Waals surface area contributed by atoms with Crippen LogP contribution in [0.1, 0.15) is 17.6 Å². The molecule has 0 aliphatic carbocycles. The van der Waals surface area contributed by atoms with Gasteiger partial charge in [-0.05, 0) is 29.1 Å². The number of morpholine rings is 1. The number of nitrogens with zero attached hydrogens (tertiary/aromatic N) is 2. The molecule has 0 saturated carbocycles. The fourth-order valence-electron chi connectivity index (χ4n) is 2.87. The zero-order valence-corrected chi connectivity index (χ0v) is 15.7. The predicted octanol–water partition coefficient (Wildman–Crippen LogP) is 5.28. The number of hydrogen-bond acceptors (Lipinski definition) is 5. The lowest BCUT2D eigenvalue weighted by atomic mass is 10.1. The minimum absolute atomic E-state index is 0.0322. The second-order valence-electron chi connectivity index (χ2n) is 5.86. The third kappa shape index (κ3) is 3.91. The molecule has 0 spiro atoms. The summed E-state index contributed by atoms with van der Waals surface area (Å²) in [6, 6.07) is 9.68. The summed E-state index contributed by atoms with van der Waals surface area (Å²) < 4.78 is 11.8. The van der Waals surface area contributed by atoms with Crippen LogP contribution >= 0.6 is 34.5 Å². The van der Waals surface area contributed by atoms with Crippen molar-refractivity contribution in [3.05, 3.63) is 63.4 Å². The van der Waals surface area contributed by atoms with Crippen molar-refractivity contribution < 1.29 is 9.15 Å². The van der Waals surface area contributed by atoms with Crippen LogP contribution in [-0.2, 0) is 11.3 Å². The highest BCUT2D eigenvalue weighted by atomic mass is 35.5. The molecule has 1 unspecified atom stereocenters. The second kappa shape index (κ2) is 7.48. The molecular weight excluding hydrogens is 379 g/mol. The van der Waals surface area contributed by atoms with Crippen molar-refractivity contribution in [2.45, 2.75) is 12.6 Å². The van der Waals surface area contributed by atoms with Gasteiger partial charge in [0.25, 0.3) is 0 Å². The van der Waals surface area contributed by atoms with Gasteiger partial charge in [-0.1, -0.05) is 35.3 Å². The number of halogens is 2. The molecule has 0 bridgehead atoms. The minimum Gasteiger partial charge on any atom is -0.438 e. The summed E-state index contributed by atoms with van der Waals surface area (Å²) in [6.45, 7) is 2.92. The number of benzene rings is 1. The number of hydrogen-bond donors (Lipinski definition) is 0. The molecule has 4 nitrogen and oxygen atoms in total. The van der Waals surface area contributed by atoms with E-state index in [0.717, 1.165) is 35.2 Å². The smallest absolute Gasteiger partial charge is 0.209 e. The largest absolute Gasteiger partial charge is 0.438 e. The Labute approximate surface area is 159 Å². The van der Waals surface area contributed by atoms with Crippen LogP contribution in [0.4, 0.5) is 0 Å². The van der Waals surface area contributed by atoms with Gasteiger partial charge in [-0.15, -0.1) is 11.3 Å². The Morgan fingerprint density at radius 3 is 2.96 bits per heavy atom. The zero-order valence-electron chi connectivity index (χ0n) is 13.3. The molecule has 25 heavy (non-hydrogen) atoms. The fourth-order valence-corrected chi connectivity index (χ4v) is 3.85. The van der Waals surface area contributed by atoms with Gasteiger partial charge in [0.2, 0.25) is 5.89 Å². The number of thiophene rings is 1. The molecule has 0 radical (unpaired) electrons. The molecule has 1 aliphatic heterocycles.